The minimum atomic E-state index is -0.501. The summed E-state index contributed by atoms with van der Waals surface area (Å²) in [4.78, 5) is 8.98. The fraction of sp³-hybridized carbons (Fsp3) is 0.714. The van der Waals surface area contributed by atoms with Crippen LogP contribution in [-0.2, 0) is 0 Å². The average molecular weight is 266 g/mol. The van der Waals surface area contributed by atoms with E-state index >= 15 is 0 Å². The van der Waals surface area contributed by atoms with Gasteiger partial charge in [-0.3, -0.25) is 0 Å². The topological polar surface area (TPSA) is 46.0 Å². The molecule has 1 saturated carbocycles. The summed E-state index contributed by atoms with van der Waals surface area (Å²) in [5.74, 6) is 0.717. The van der Waals surface area contributed by atoms with Crippen LogP contribution in [0.25, 0.3) is 0 Å². The maximum absolute atomic E-state index is 10.4. The molecule has 0 radical (unpaired) electrons. The van der Waals surface area contributed by atoms with Crippen molar-refractivity contribution in [2.75, 3.05) is 5.75 Å². The lowest BCUT2D eigenvalue weighted by Gasteiger charge is -2.31. The van der Waals surface area contributed by atoms with Crippen LogP contribution in [0.15, 0.2) is 5.16 Å². The molecule has 1 aliphatic carbocycles. The Morgan fingerprint density at radius 1 is 1.06 bits per heavy atom. The van der Waals surface area contributed by atoms with Crippen molar-refractivity contribution in [1.82, 2.24) is 9.97 Å². The van der Waals surface area contributed by atoms with E-state index in [-0.39, 0.29) is 0 Å². The van der Waals surface area contributed by atoms with Crippen molar-refractivity contribution in [3.8, 4) is 0 Å². The molecular formula is C14H22N2OS. The van der Waals surface area contributed by atoms with E-state index in [1.807, 2.05) is 20.8 Å². The first-order chi connectivity index (χ1) is 8.50. The molecule has 2 rings (SSSR count). The zero-order valence-corrected chi connectivity index (χ0v) is 12.3. The van der Waals surface area contributed by atoms with Crippen molar-refractivity contribution in [1.29, 1.82) is 0 Å². The molecule has 0 aliphatic heterocycles. The van der Waals surface area contributed by atoms with Crippen LogP contribution < -0.4 is 0 Å². The van der Waals surface area contributed by atoms with Crippen molar-refractivity contribution >= 4 is 11.8 Å². The summed E-state index contributed by atoms with van der Waals surface area (Å²) in [6.07, 6.45) is 5.38. The Labute approximate surface area is 113 Å². The van der Waals surface area contributed by atoms with E-state index < -0.39 is 5.60 Å². The molecule has 1 aliphatic rings. The minimum absolute atomic E-state index is 0.501. The van der Waals surface area contributed by atoms with E-state index in [0.29, 0.717) is 0 Å². The summed E-state index contributed by atoms with van der Waals surface area (Å²) < 4.78 is 0. The van der Waals surface area contributed by atoms with Gasteiger partial charge in [0.25, 0.3) is 0 Å². The molecule has 3 nitrogen and oxygen atoms in total. The molecule has 0 spiro atoms. The fourth-order valence-corrected chi connectivity index (χ4v) is 3.45. The van der Waals surface area contributed by atoms with E-state index in [0.717, 1.165) is 53.5 Å². The Morgan fingerprint density at radius 3 is 2.17 bits per heavy atom. The number of aryl methyl sites for hydroxylation is 2. The Balaban J connectivity index is 2.01. The Hall–Kier alpha value is -0.610. The van der Waals surface area contributed by atoms with Crippen LogP contribution >= 0.6 is 11.8 Å². The Kier molecular flexibility index (Phi) is 4.28. The lowest BCUT2D eigenvalue weighted by atomic mass is 9.86. The van der Waals surface area contributed by atoms with E-state index in [4.69, 9.17) is 0 Å². The van der Waals surface area contributed by atoms with Crippen LogP contribution in [0.2, 0.25) is 0 Å². The number of aromatic nitrogens is 2. The summed E-state index contributed by atoms with van der Waals surface area (Å²) in [5, 5.41) is 11.2. The van der Waals surface area contributed by atoms with Gasteiger partial charge in [-0.25, -0.2) is 9.97 Å². The van der Waals surface area contributed by atoms with Crippen molar-refractivity contribution in [3.05, 3.63) is 17.0 Å². The Morgan fingerprint density at radius 2 is 1.61 bits per heavy atom. The van der Waals surface area contributed by atoms with Gasteiger partial charge in [0.15, 0.2) is 5.16 Å². The number of nitrogens with zero attached hydrogens (tertiary/aromatic N) is 2. The first kappa shape index (κ1) is 13.8. The molecule has 1 fully saturated rings. The summed E-state index contributed by atoms with van der Waals surface area (Å²) in [7, 11) is 0. The highest BCUT2D eigenvalue weighted by Gasteiger charge is 2.29. The van der Waals surface area contributed by atoms with Crippen LogP contribution in [-0.4, -0.2) is 26.4 Å². The molecule has 1 heterocycles. The second-order valence-electron chi connectivity index (χ2n) is 5.38. The van der Waals surface area contributed by atoms with E-state index in [9.17, 15) is 5.11 Å². The zero-order chi connectivity index (χ0) is 13.2. The van der Waals surface area contributed by atoms with Crippen molar-refractivity contribution in [2.24, 2.45) is 0 Å². The quantitative estimate of drug-likeness (QED) is 0.674. The van der Waals surface area contributed by atoms with Gasteiger partial charge in [-0.2, -0.15) is 0 Å². The van der Waals surface area contributed by atoms with Gasteiger partial charge in [0, 0.05) is 17.1 Å². The summed E-state index contributed by atoms with van der Waals surface area (Å²) >= 11 is 1.59. The van der Waals surface area contributed by atoms with Gasteiger partial charge in [-0.05, 0) is 39.2 Å². The maximum Gasteiger partial charge on any atom is 0.188 e. The van der Waals surface area contributed by atoms with Gasteiger partial charge >= 0.3 is 0 Å². The molecule has 100 valence electrons. The molecule has 0 bridgehead atoms. The van der Waals surface area contributed by atoms with Crippen molar-refractivity contribution in [2.45, 2.75) is 63.6 Å². The van der Waals surface area contributed by atoms with Gasteiger partial charge < -0.3 is 5.11 Å². The number of hydrogen-bond donors (Lipinski definition) is 1. The van der Waals surface area contributed by atoms with Gasteiger partial charge in [-0.1, -0.05) is 31.0 Å². The van der Waals surface area contributed by atoms with Crippen LogP contribution in [0.5, 0.6) is 0 Å². The van der Waals surface area contributed by atoms with E-state index in [1.54, 1.807) is 11.8 Å². The number of rotatable bonds is 3. The van der Waals surface area contributed by atoms with E-state index in [2.05, 4.69) is 9.97 Å². The number of thioether (sulfide) groups is 1. The smallest absolute Gasteiger partial charge is 0.188 e. The fourth-order valence-electron chi connectivity index (χ4n) is 2.36. The minimum Gasteiger partial charge on any atom is -0.389 e. The predicted molar refractivity (Wildman–Crippen MR) is 75.0 cm³/mol. The maximum atomic E-state index is 10.4. The second-order valence-corrected chi connectivity index (χ2v) is 6.32. The lowest BCUT2D eigenvalue weighted by Crippen LogP contribution is -2.34. The summed E-state index contributed by atoms with van der Waals surface area (Å²) in [5.41, 5.74) is 2.75. The third kappa shape index (κ3) is 3.23. The molecule has 0 aromatic carbocycles. The third-order valence-corrected chi connectivity index (χ3v) is 4.99. The lowest BCUT2D eigenvalue weighted by molar-refractivity contribution is 0.0272. The molecule has 0 atom stereocenters. The molecule has 1 aromatic heterocycles. The highest BCUT2D eigenvalue weighted by Crippen LogP contribution is 2.32. The molecule has 1 aromatic rings. The molecule has 0 unspecified atom stereocenters. The molecule has 18 heavy (non-hydrogen) atoms. The first-order valence-electron chi connectivity index (χ1n) is 6.67. The second kappa shape index (κ2) is 5.57. The highest BCUT2D eigenvalue weighted by atomic mass is 32.2. The third-order valence-electron chi connectivity index (χ3n) is 3.87. The van der Waals surface area contributed by atoms with Crippen molar-refractivity contribution < 1.29 is 5.11 Å². The number of aliphatic hydroxyl groups is 1. The predicted octanol–water partition coefficient (Wildman–Crippen LogP) is 3.19. The SMILES string of the molecule is Cc1nc(SCC2(O)CCCCC2)nc(C)c1C. The van der Waals surface area contributed by atoms with Gasteiger partial charge in [0.2, 0.25) is 0 Å². The average Bonchev–Trinajstić information content (AvgIpc) is 2.34. The molecule has 0 amide bonds. The largest absolute Gasteiger partial charge is 0.389 e. The number of hydrogen-bond acceptors (Lipinski definition) is 4. The molecule has 1 N–H and O–H groups in total. The zero-order valence-electron chi connectivity index (χ0n) is 11.5. The van der Waals surface area contributed by atoms with E-state index in [1.165, 1.54) is 6.42 Å². The first-order valence-corrected chi connectivity index (χ1v) is 7.66. The Bertz CT molecular complexity index is 405. The van der Waals surface area contributed by atoms with Gasteiger partial charge in [0.05, 0.1) is 5.60 Å². The highest BCUT2D eigenvalue weighted by molar-refractivity contribution is 7.99. The standard InChI is InChI=1S/C14H22N2OS/c1-10-11(2)15-13(16-12(10)3)18-9-14(17)7-5-4-6-8-14/h17H,4-9H2,1-3H3. The summed E-state index contributed by atoms with van der Waals surface area (Å²) in [6, 6.07) is 0. The van der Waals surface area contributed by atoms with Crippen LogP contribution in [0.3, 0.4) is 0 Å². The summed E-state index contributed by atoms with van der Waals surface area (Å²) in [6.45, 7) is 6.08. The van der Waals surface area contributed by atoms with Crippen LogP contribution in [0, 0.1) is 20.8 Å². The van der Waals surface area contributed by atoms with Crippen LogP contribution in [0.1, 0.15) is 49.1 Å². The molecule has 4 heteroatoms. The van der Waals surface area contributed by atoms with Gasteiger partial charge in [0.1, 0.15) is 0 Å². The van der Waals surface area contributed by atoms with Crippen molar-refractivity contribution in [3.63, 3.8) is 0 Å². The van der Waals surface area contributed by atoms with Gasteiger partial charge in [-0.15, -0.1) is 0 Å². The monoisotopic (exact) mass is 266 g/mol. The molecular weight excluding hydrogens is 244 g/mol. The van der Waals surface area contributed by atoms with Crippen LogP contribution in [0.4, 0.5) is 0 Å². The molecule has 0 saturated heterocycles. The normalized spacial score (nSPS) is 18.9.